The molecule has 3 rings (SSSR count). The first-order chi connectivity index (χ1) is 10.4. The van der Waals surface area contributed by atoms with E-state index in [4.69, 9.17) is 4.42 Å². The lowest BCUT2D eigenvalue weighted by Crippen LogP contribution is -2.38. The van der Waals surface area contributed by atoms with E-state index in [0.717, 1.165) is 0 Å². The summed E-state index contributed by atoms with van der Waals surface area (Å²) in [5.41, 5.74) is 1.52. The summed E-state index contributed by atoms with van der Waals surface area (Å²) < 4.78 is 6.43. The Morgan fingerprint density at radius 3 is 2.73 bits per heavy atom. The van der Waals surface area contributed by atoms with Crippen LogP contribution in [-0.4, -0.2) is 64.7 Å². The third-order valence-corrected chi connectivity index (χ3v) is 4.25. The molecule has 2 aromatic rings. The normalized spacial score (nSPS) is 22.0. The molecule has 22 heavy (non-hydrogen) atoms. The van der Waals surface area contributed by atoms with E-state index in [1.54, 1.807) is 30.1 Å². The number of likely N-dealkylation sites (tertiary alicyclic amines) is 1. The molecule has 1 N–H and O–H groups in total. The number of aryl methyl sites for hydroxylation is 1. The van der Waals surface area contributed by atoms with Gasteiger partial charge in [-0.3, -0.25) is 9.36 Å². The fourth-order valence-electron chi connectivity index (χ4n) is 2.89. The largest absolute Gasteiger partial charge is 0.419 e. The average Bonchev–Trinajstić information content (AvgIpc) is 3.00. The second kappa shape index (κ2) is 5.26. The van der Waals surface area contributed by atoms with Gasteiger partial charge in [-0.2, -0.15) is 0 Å². The summed E-state index contributed by atoms with van der Waals surface area (Å²) in [6, 6.07) is 4.85. The summed E-state index contributed by atoms with van der Waals surface area (Å²) in [5.74, 6) is -0.609. The van der Waals surface area contributed by atoms with E-state index in [9.17, 15) is 14.7 Å². The molecule has 0 aliphatic carbocycles. The molecule has 1 amide bonds. The zero-order valence-corrected chi connectivity index (χ0v) is 12.8. The lowest BCUT2D eigenvalue weighted by atomic mass is 10.2. The number of aliphatic hydroxyl groups excluding tert-OH is 1. The molecule has 2 atom stereocenters. The zero-order chi connectivity index (χ0) is 16.0. The van der Waals surface area contributed by atoms with Gasteiger partial charge in [0.05, 0.1) is 17.7 Å². The maximum absolute atomic E-state index is 12.6. The Morgan fingerprint density at radius 1 is 1.36 bits per heavy atom. The van der Waals surface area contributed by atoms with E-state index in [2.05, 4.69) is 0 Å². The van der Waals surface area contributed by atoms with Crippen LogP contribution in [0.15, 0.2) is 27.4 Å². The Bertz CT molecular complexity index is 777. The standard InChI is InChI=1S/C15H19N3O4/c1-16(2)11-7-18(8-12(11)19)14(20)9-4-5-13-10(6-9)17(3)15(21)22-13/h4-6,11-12,19H,7-8H2,1-3H3/t11-,12-/m1/s1. The van der Waals surface area contributed by atoms with Gasteiger partial charge in [0.15, 0.2) is 5.58 Å². The molecule has 118 valence electrons. The van der Waals surface area contributed by atoms with Gasteiger partial charge in [-0.15, -0.1) is 0 Å². The maximum atomic E-state index is 12.6. The molecule has 1 aromatic carbocycles. The molecule has 0 unspecified atom stereocenters. The van der Waals surface area contributed by atoms with Crippen LogP contribution in [0, 0.1) is 0 Å². The van der Waals surface area contributed by atoms with Crippen molar-refractivity contribution in [3.05, 3.63) is 34.3 Å². The number of amides is 1. The molecular weight excluding hydrogens is 286 g/mol. The molecule has 1 aromatic heterocycles. The number of carbonyl (C=O) groups excluding carboxylic acids is 1. The Morgan fingerprint density at radius 2 is 2.09 bits per heavy atom. The highest BCUT2D eigenvalue weighted by atomic mass is 16.4. The molecule has 0 spiro atoms. The first-order valence-electron chi connectivity index (χ1n) is 7.12. The number of rotatable bonds is 2. The van der Waals surface area contributed by atoms with Crippen LogP contribution in [0.25, 0.3) is 11.1 Å². The van der Waals surface area contributed by atoms with Gasteiger partial charge in [0, 0.05) is 25.7 Å². The third-order valence-electron chi connectivity index (χ3n) is 4.25. The van der Waals surface area contributed by atoms with Crippen LogP contribution in [0.4, 0.5) is 0 Å². The second-order valence-corrected chi connectivity index (χ2v) is 5.92. The molecule has 0 radical (unpaired) electrons. The fraction of sp³-hybridized carbons (Fsp3) is 0.467. The van der Waals surface area contributed by atoms with Crippen LogP contribution in [0.2, 0.25) is 0 Å². The van der Waals surface area contributed by atoms with E-state index in [0.29, 0.717) is 29.8 Å². The van der Waals surface area contributed by atoms with Crippen molar-refractivity contribution < 1.29 is 14.3 Å². The van der Waals surface area contributed by atoms with E-state index >= 15 is 0 Å². The second-order valence-electron chi connectivity index (χ2n) is 5.92. The van der Waals surface area contributed by atoms with Gasteiger partial charge in [-0.05, 0) is 32.3 Å². The first-order valence-corrected chi connectivity index (χ1v) is 7.12. The minimum absolute atomic E-state index is 0.0639. The van der Waals surface area contributed by atoms with Crippen molar-refractivity contribution in [1.82, 2.24) is 14.4 Å². The summed E-state index contributed by atoms with van der Waals surface area (Å²) in [6.07, 6.45) is -0.555. The van der Waals surface area contributed by atoms with Crippen LogP contribution in [-0.2, 0) is 7.05 Å². The smallest absolute Gasteiger partial charge is 0.408 e. The van der Waals surface area contributed by atoms with Crippen LogP contribution < -0.4 is 5.76 Å². The Balaban J connectivity index is 1.90. The number of aromatic nitrogens is 1. The highest BCUT2D eigenvalue weighted by Crippen LogP contribution is 2.20. The summed E-state index contributed by atoms with van der Waals surface area (Å²) in [5, 5.41) is 10.0. The van der Waals surface area contributed by atoms with Crippen molar-refractivity contribution in [3.8, 4) is 0 Å². The van der Waals surface area contributed by atoms with Crippen LogP contribution in [0.1, 0.15) is 10.4 Å². The number of oxazole rings is 1. The monoisotopic (exact) mass is 305 g/mol. The van der Waals surface area contributed by atoms with Gasteiger partial charge in [0.25, 0.3) is 5.91 Å². The number of aliphatic hydroxyl groups is 1. The highest BCUT2D eigenvalue weighted by molar-refractivity contribution is 5.97. The SMILES string of the molecule is CN(C)[C@@H]1CN(C(=O)c2ccc3oc(=O)n(C)c3c2)C[C@H]1O. The Hall–Kier alpha value is -2.12. The van der Waals surface area contributed by atoms with Crippen molar-refractivity contribution in [3.63, 3.8) is 0 Å². The highest BCUT2D eigenvalue weighted by Gasteiger charge is 2.35. The summed E-state index contributed by atoms with van der Waals surface area (Å²) in [4.78, 5) is 27.7. The topological polar surface area (TPSA) is 78.9 Å². The molecule has 2 heterocycles. The van der Waals surface area contributed by atoms with Crippen LogP contribution in [0.5, 0.6) is 0 Å². The van der Waals surface area contributed by atoms with E-state index < -0.39 is 11.9 Å². The van der Waals surface area contributed by atoms with Crippen molar-refractivity contribution in [2.75, 3.05) is 27.2 Å². The lowest BCUT2D eigenvalue weighted by Gasteiger charge is -2.21. The first kappa shape index (κ1) is 14.8. The molecule has 1 aliphatic heterocycles. The number of fused-ring (bicyclic) bond motifs is 1. The Kier molecular flexibility index (Phi) is 3.54. The van der Waals surface area contributed by atoms with Crippen molar-refractivity contribution >= 4 is 17.0 Å². The molecule has 1 saturated heterocycles. The van der Waals surface area contributed by atoms with Gasteiger partial charge in [-0.25, -0.2) is 4.79 Å². The third kappa shape index (κ3) is 2.32. The van der Waals surface area contributed by atoms with Gasteiger partial charge >= 0.3 is 5.76 Å². The minimum atomic E-state index is -0.555. The van der Waals surface area contributed by atoms with Gasteiger partial charge in [-0.1, -0.05) is 0 Å². The molecule has 7 nitrogen and oxygen atoms in total. The minimum Gasteiger partial charge on any atom is -0.408 e. The summed E-state index contributed by atoms with van der Waals surface area (Å²) >= 11 is 0. The van der Waals surface area contributed by atoms with E-state index in [1.165, 1.54) is 4.57 Å². The Labute approximate surface area is 127 Å². The maximum Gasteiger partial charge on any atom is 0.419 e. The average molecular weight is 305 g/mol. The zero-order valence-electron chi connectivity index (χ0n) is 12.8. The fourth-order valence-corrected chi connectivity index (χ4v) is 2.89. The number of nitrogens with zero attached hydrogens (tertiary/aromatic N) is 3. The quantitative estimate of drug-likeness (QED) is 0.837. The molecule has 0 saturated carbocycles. The van der Waals surface area contributed by atoms with Crippen molar-refractivity contribution in [2.45, 2.75) is 12.1 Å². The van der Waals surface area contributed by atoms with Gasteiger partial charge in [0.1, 0.15) is 0 Å². The molecule has 0 bridgehead atoms. The molecular formula is C15H19N3O4. The van der Waals surface area contributed by atoms with Crippen molar-refractivity contribution in [2.24, 2.45) is 7.05 Å². The number of β-amino-alcohol motifs (C(OH)–C–C–N with tert-alkyl or cyclic N) is 1. The van der Waals surface area contributed by atoms with Crippen LogP contribution in [0.3, 0.4) is 0 Å². The number of hydrogen-bond donors (Lipinski definition) is 1. The number of hydrogen-bond acceptors (Lipinski definition) is 5. The lowest BCUT2D eigenvalue weighted by molar-refractivity contribution is 0.0764. The summed E-state index contributed by atoms with van der Waals surface area (Å²) in [7, 11) is 5.37. The number of carbonyl (C=O) groups is 1. The van der Waals surface area contributed by atoms with Gasteiger partial charge < -0.3 is 19.3 Å². The number of likely N-dealkylation sites (N-methyl/N-ethyl adjacent to an activating group) is 1. The summed E-state index contributed by atoms with van der Waals surface area (Å²) in [6.45, 7) is 0.791. The van der Waals surface area contributed by atoms with E-state index in [1.807, 2.05) is 19.0 Å². The van der Waals surface area contributed by atoms with Crippen LogP contribution >= 0.6 is 0 Å². The van der Waals surface area contributed by atoms with E-state index in [-0.39, 0.29) is 11.9 Å². The molecule has 1 aliphatic rings. The number of benzene rings is 1. The molecule has 1 fully saturated rings. The van der Waals surface area contributed by atoms with Gasteiger partial charge in [0.2, 0.25) is 0 Å². The van der Waals surface area contributed by atoms with Crippen molar-refractivity contribution in [1.29, 1.82) is 0 Å². The molecule has 7 heteroatoms. The predicted molar refractivity (Wildman–Crippen MR) is 80.8 cm³/mol. The predicted octanol–water partition coefficient (Wildman–Crippen LogP) is -0.122.